The monoisotopic (exact) mass is 410 g/mol. The highest BCUT2D eigenvalue weighted by Gasteiger charge is 2.39. The number of carbonyl (C=O) groups is 4. The Bertz CT molecular complexity index is 1060. The van der Waals surface area contributed by atoms with E-state index in [1.54, 1.807) is 24.3 Å². The van der Waals surface area contributed by atoms with Crippen LogP contribution in [0, 0.1) is 5.82 Å². The van der Waals surface area contributed by atoms with Crippen molar-refractivity contribution in [3.8, 4) is 0 Å². The van der Waals surface area contributed by atoms with Crippen LogP contribution in [0.4, 0.5) is 14.9 Å². The van der Waals surface area contributed by atoms with Gasteiger partial charge in [-0.3, -0.25) is 19.7 Å². The second kappa shape index (κ2) is 7.94. The molecular formula is C21H19FN4O4. The van der Waals surface area contributed by atoms with Gasteiger partial charge in [-0.1, -0.05) is 24.3 Å². The molecule has 1 saturated heterocycles. The Morgan fingerprint density at radius 2 is 1.97 bits per heavy atom. The summed E-state index contributed by atoms with van der Waals surface area (Å²) in [5.41, 5.74) is 2.01. The zero-order chi connectivity index (χ0) is 21.3. The molecule has 4 rings (SSSR count). The summed E-state index contributed by atoms with van der Waals surface area (Å²) in [6.07, 6.45) is 0.498. The number of nitrogens with one attached hydrogen (secondary N) is 3. The highest BCUT2D eigenvalue weighted by Crippen LogP contribution is 2.28. The van der Waals surface area contributed by atoms with Crippen LogP contribution in [0.25, 0.3) is 0 Å². The number of rotatable bonds is 4. The standard InChI is InChI=1S/C21H19FN4O4/c22-15-3-1-2-4-16(15)24-21(30)23-10-12-5-6-13-11-26(20(29)14(13)9-12)17-7-8-18(27)25-19(17)28/h1-6,9,17H,7-8,10-11H2,(H2,23,24,30)(H,25,27,28). The summed E-state index contributed by atoms with van der Waals surface area (Å²) in [5.74, 6) is -1.61. The molecule has 9 heteroatoms. The number of anilines is 1. The van der Waals surface area contributed by atoms with Crippen LogP contribution < -0.4 is 16.0 Å². The van der Waals surface area contributed by atoms with Crippen molar-refractivity contribution in [1.82, 2.24) is 15.5 Å². The summed E-state index contributed by atoms with van der Waals surface area (Å²) in [5, 5.41) is 7.32. The molecule has 2 aromatic carbocycles. The van der Waals surface area contributed by atoms with Crippen LogP contribution in [0.5, 0.6) is 0 Å². The first-order valence-electron chi connectivity index (χ1n) is 9.48. The molecule has 2 heterocycles. The van der Waals surface area contributed by atoms with Crippen LogP contribution in [0.1, 0.15) is 34.3 Å². The third-order valence-electron chi connectivity index (χ3n) is 5.17. The van der Waals surface area contributed by atoms with E-state index in [4.69, 9.17) is 0 Å². The minimum Gasteiger partial charge on any atom is -0.334 e. The first-order valence-corrected chi connectivity index (χ1v) is 9.48. The molecule has 0 bridgehead atoms. The fraction of sp³-hybridized carbons (Fsp3) is 0.238. The van der Waals surface area contributed by atoms with Crippen LogP contribution in [0.2, 0.25) is 0 Å². The number of carbonyl (C=O) groups excluding carboxylic acids is 4. The van der Waals surface area contributed by atoms with Crippen molar-refractivity contribution < 1.29 is 23.6 Å². The molecule has 0 aliphatic carbocycles. The summed E-state index contributed by atoms with van der Waals surface area (Å²) in [6, 6.07) is 9.83. The van der Waals surface area contributed by atoms with Crippen molar-refractivity contribution in [2.45, 2.75) is 32.0 Å². The number of nitrogens with zero attached hydrogens (tertiary/aromatic N) is 1. The summed E-state index contributed by atoms with van der Waals surface area (Å²) < 4.78 is 13.6. The van der Waals surface area contributed by atoms with Gasteiger partial charge in [0.05, 0.1) is 5.69 Å². The van der Waals surface area contributed by atoms with Gasteiger partial charge in [0.15, 0.2) is 0 Å². The second-order valence-corrected chi connectivity index (χ2v) is 7.18. The Labute approximate surface area is 171 Å². The van der Waals surface area contributed by atoms with Crippen LogP contribution in [-0.4, -0.2) is 34.7 Å². The van der Waals surface area contributed by atoms with Gasteiger partial charge in [0, 0.05) is 25.1 Å². The SMILES string of the molecule is O=C1CCC(N2Cc3ccc(CNC(=O)Nc4ccccc4F)cc3C2=O)C(=O)N1. The molecule has 8 nitrogen and oxygen atoms in total. The van der Waals surface area contributed by atoms with Crippen LogP contribution in [0.3, 0.4) is 0 Å². The van der Waals surface area contributed by atoms with E-state index in [-0.39, 0.29) is 30.5 Å². The zero-order valence-electron chi connectivity index (χ0n) is 15.9. The molecule has 3 N–H and O–H groups in total. The van der Waals surface area contributed by atoms with E-state index >= 15 is 0 Å². The molecule has 0 radical (unpaired) electrons. The highest BCUT2D eigenvalue weighted by atomic mass is 19.1. The van der Waals surface area contributed by atoms with Crippen LogP contribution in [-0.2, 0) is 22.7 Å². The molecule has 0 aromatic heterocycles. The molecule has 1 unspecified atom stereocenters. The number of imide groups is 1. The molecule has 2 aliphatic rings. The van der Waals surface area contributed by atoms with Gasteiger partial charge >= 0.3 is 6.03 Å². The smallest absolute Gasteiger partial charge is 0.319 e. The lowest BCUT2D eigenvalue weighted by molar-refractivity contribution is -0.136. The largest absolute Gasteiger partial charge is 0.334 e. The van der Waals surface area contributed by atoms with Gasteiger partial charge < -0.3 is 15.5 Å². The average Bonchev–Trinajstić information content (AvgIpc) is 3.04. The van der Waals surface area contributed by atoms with Gasteiger partial charge in [0.25, 0.3) is 5.91 Å². The summed E-state index contributed by atoms with van der Waals surface area (Å²) >= 11 is 0. The Hall–Kier alpha value is -3.75. The van der Waals surface area contributed by atoms with Gasteiger partial charge in [-0.2, -0.15) is 0 Å². The molecule has 2 aliphatic heterocycles. The third kappa shape index (κ3) is 3.86. The Balaban J connectivity index is 1.40. The average molecular weight is 410 g/mol. The normalized spacial score (nSPS) is 18.1. The minimum atomic E-state index is -0.671. The highest BCUT2D eigenvalue weighted by molar-refractivity contribution is 6.05. The van der Waals surface area contributed by atoms with Gasteiger partial charge in [0.1, 0.15) is 11.9 Å². The van der Waals surface area contributed by atoms with Crippen LogP contribution in [0.15, 0.2) is 42.5 Å². The van der Waals surface area contributed by atoms with E-state index < -0.39 is 23.8 Å². The maximum atomic E-state index is 13.6. The fourth-order valence-electron chi connectivity index (χ4n) is 3.62. The fourth-order valence-corrected chi connectivity index (χ4v) is 3.62. The molecule has 154 valence electrons. The number of piperidine rings is 1. The summed E-state index contributed by atoms with van der Waals surface area (Å²) in [4.78, 5) is 49.7. The quantitative estimate of drug-likeness (QED) is 0.669. The Kier molecular flexibility index (Phi) is 5.18. The maximum absolute atomic E-state index is 13.6. The van der Waals surface area contributed by atoms with Gasteiger partial charge in [0.2, 0.25) is 11.8 Å². The predicted molar refractivity (Wildman–Crippen MR) is 105 cm³/mol. The predicted octanol–water partition coefficient (Wildman–Crippen LogP) is 1.91. The number of amides is 5. The molecule has 1 fully saturated rings. The van der Waals surface area contributed by atoms with E-state index in [9.17, 15) is 23.6 Å². The third-order valence-corrected chi connectivity index (χ3v) is 5.17. The summed E-state index contributed by atoms with van der Waals surface area (Å²) in [7, 11) is 0. The van der Waals surface area contributed by atoms with Crippen molar-refractivity contribution in [2.24, 2.45) is 0 Å². The molecule has 1 atom stereocenters. The van der Waals surface area contributed by atoms with Crippen molar-refractivity contribution in [2.75, 3.05) is 5.32 Å². The maximum Gasteiger partial charge on any atom is 0.319 e. The first-order chi connectivity index (χ1) is 14.4. The molecule has 2 aromatic rings. The van der Waals surface area contributed by atoms with E-state index in [1.807, 2.05) is 0 Å². The molecule has 30 heavy (non-hydrogen) atoms. The van der Waals surface area contributed by atoms with E-state index in [0.29, 0.717) is 24.1 Å². The lowest BCUT2D eigenvalue weighted by Crippen LogP contribution is -2.52. The second-order valence-electron chi connectivity index (χ2n) is 7.18. The number of fused-ring (bicyclic) bond motifs is 1. The summed E-state index contributed by atoms with van der Waals surface area (Å²) in [6.45, 7) is 0.432. The number of para-hydroxylation sites is 1. The Morgan fingerprint density at radius 3 is 2.73 bits per heavy atom. The van der Waals surface area contributed by atoms with Crippen molar-refractivity contribution in [3.63, 3.8) is 0 Å². The van der Waals surface area contributed by atoms with Gasteiger partial charge in [-0.05, 0) is 35.7 Å². The van der Waals surface area contributed by atoms with Crippen LogP contribution >= 0.6 is 0 Å². The van der Waals surface area contributed by atoms with Gasteiger partial charge in [-0.15, -0.1) is 0 Å². The molecule has 0 saturated carbocycles. The number of benzene rings is 2. The molecule has 5 amide bonds. The Morgan fingerprint density at radius 1 is 1.17 bits per heavy atom. The van der Waals surface area contributed by atoms with E-state index in [1.165, 1.54) is 23.1 Å². The van der Waals surface area contributed by atoms with Crippen molar-refractivity contribution in [1.29, 1.82) is 0 Å². The lowest BCUT2D eigenvalue weighted by Gasteiger charge is -2.29. The molecule has 0 spiro atoms. The lowest BCUT2D eigenvalue weighted by atomic mass is 10.0. The van der Waals surface area contributed by atoms with Crippen molar-refractivity contribution >= 4 is 29.4 Å². The van der Waals surface area contributed by atoms with E-state index in [0.717, 1.165) is 5.56 Å². The zero-order valence-corrected chi connectivity index (χ0v) is 15.9. The van der Waals surface area contributed by atoms with Crippen molar-refractivity contribution in [3.05, 3.63) is 65.0 Å². The first kappa shape index (κ1) is 19.6. The topological polar surface area (TPSA) is 108 Å². The number of urea groups is 1. The van der Waals surface area contributed by atoms with E-state index in [2.05, 4.69) is 16.0 Å². The molecular weight excluding hydrogens is 391 g/mol. The van der Waals surface area contributed by atoms with Gasteiger partial charge in [-0.25, -0.2) is 9.18 Å². The number of halogens is 1. The minimum absolute atomic E-state index is 0.0685. The number of hydrogen-bond donors (Lipinski definition) is 3. The number of hydrogen-bond acceptors (Lipinski definition) is 4.